The molecule has 1 aliphatic rings. The zero-order valence-electron chi connectivity index (χ0n) is 12.3. The van der Waals surface area contributed by atoms with E-state index < -0.39 is 0 Å². The molecule has 5 nitrogen and oxygen atoms in total. The van der Waals surface area contributed by atoms with Gasteiger partial charge in [-0.2, -0.15) is 5.26 Å². The Labute approximate surface area is 125 Å². The van der Waals surface area contributed by atoms with Crippen LogP contribution >= 0.6 is 0 Å². The van der Waals surface area contributed by atoms with Crippen molar-refractivity contribution in [3.8, 4) is 6.07 Å². The highest BCUT2D eigenvalue weighted by molar-refractivity contribution is 5.90. The van der Waals surface area contributed by atoms with Gasteiger partial charge in [0, 0.05) is 37.9 Å². The first-order valence-corrected chi connectivity index (χ1v) is 7.27. The molecule has 1 heterocycles. The fraction of sp³-hybridized carbons (Fsp3) is 0.500. The van der Waals surface area contributed by atoms with Crippen molar-refractivity contribution >= 4 is 11.6 Å². The van der Waals surface area contributed by atoms with Crippen molar-refractivity contribution < 1.29 is 9.53 Å². The van der Waals surface area contributed by atoms with Crippen LogP contribution in [0.3, 0.4) is 0 Å². The average Bonchev–Trinajstić information content (AvgIpc) is 2.53. The van der Waals surface area contributed by atoms with E-state index in [2.05, 4.69) is 23.3 Å². The summed E-state index contributed by atoms with van der Waals surface area (Å²) in [5, 5.41) is 11.7. The van der Waals surface area contributed by atoms with Gasteiger partial charge in [0.25, 0.3) is 0 Å². The largest absolute Gasteiger partial charge is 0.381 e. The summed E-state index contributed by atoms with van der Waals surface area (Å²) in [6.07, 6.45) is 2.51. The van der Waals surface area contributed by atoms with Crippen molar-refractivity contribution in [1.29, 1.82) is 5.26 Å². The minimum absolute atomic E-state index is 0.0241. The van der Waals surface area contributed by atoms with Gasteiger partial charge in [-0.25, -0.2) is 0 Å². The summed E-state index contributed by atoms with van der Waals surface area (Å²) in [4.78, 5) is 14.2. The lowest BCUT2D eigenvalue weighted by molar-refractivity contribution is -0.116. The minimum atomic E-state index is -0.0241. The molecule has 1 amide bonds. The molecule has 1 saturated heterocycles. The second kappa shape index (κ2) is 7.77. The van der Waals surface area contributed by atoms with Crippen LogP contribution in [0.4, 0.5) is 5.69 Å². The van der Waals surface area contributed by atoms with E-state index in [1.165, 1.54) is 0 Å². The third-order valence-electron chi connectivity index (χ3n) is 3.78. The molecule has 0 atom stereocenters. The molecular weight excluding hydrogens is 266 g/mol. The van der Waals surface area contributed by atoms with Crippen molar-refractivity contribution in [1.82, 2.24) is 4.90 Å². The molecule has 1 N–H and O–H groups in total. The second-order valence-corrected chi connectivity index (χ2v) is 5.31. The Bertz CT molecular complexity index is 518. The van der Waals surface area contributed by atoms with E-state index >= 15 is 0 Å². The normalized spacial score (nSPS) is 15.7. The van der Waals surface area contributed by atoms with Crippen molar-refractivity contribution in [2.24, 2.45) is 0 Å². The van der Waals surface area contributed by atoms with E-state index in [0.717, 1.165) is 32.6 Å². The number of carbonyl (C=O) groups is 1. The van der Waals surface area contributed by atoms with Crippen LogP contribution < -0.4 is 5.32 Å². The topological polar surface area (TPSA) is 65.4 Å². The fourth-order valence-corrected chi connectivity index (χ4v) is 2.48. The van der Waals surface area contributed by atoms with Gasteiger partial charge in [0.05, 0.1) is 11.6 Å². The first-order valence-electron chi connectivity index (χ1n) is 7.27. The van der Waals surface area contributed by atoms with Crippen LogP contribution in [0.5, 0.6) is 0 Å². The number of anilines is 1. The number of nitrogens with zero attached hydrogens (tertiary/aromatic N) is 2. The highest BCUT2D eigenvalue weighted by atomic mass is 16.5. The Morgan fingerprint density at radius 3 is 2.95 bits per heavy atom. The lowest BCUT2D eigenvalue weighted by atomic mass is 10.1. The van der Waals surface area contributed by atoms with Gasteiger partial charge in [-0.15, -0.1) is 0 Å². The molecule has 0 spiro atoms. The third-order valence-corrected chi connectivity index (χ3v) is 3.78. The molecule has 1 fully saturated rings. The van der Waals surface area contributed by atoms with Crippen LogP contribution in [0, 0.1) is 11.3 Å². The Kier molecular flexibility index (Phi) is 5.73. The van der Waals surface area contributed by atoms with E-state index in [1.54, 1.807) is 24.3 Å². The Balaban J connectivity index is 1.77. The Morgan fingerprint density at radius 2 is 2.24 bits per heavy atom. The van der Waals surface area contributed by atoms with Crippen LogP contribution in [0.2, 0.25) is 0 Å². The summed E-state index contributed by atoms with van der Waals surface area (Å²) in [5.74, 6) is -0.0241. The third kappa shape index (κ3) is 4.85. The number of hydrogen-bond acceptors (Lipinski definition) is 4. The lowest BCUT2D eigenvalue weighted by Gasteiger charge is -2.30. The van der Waals surface area contributed by atoms with E-state index in [-0.39, 0.29) is 5.91 Å². The molecule has 112 valence electrons. The van der Waals surface area contributed by atoms with Gasteiger partial charge >= 0.3 is 0 Å². The van der Waals surface area contributed by atoms with Gasteiger partial charge in [-0.05, 0) is 38.1 Å². The maximum absolute atomic E-state index is 12.0. The maximum atomic E-state index is 12.0. The van der Waals surface area contributed by atoms with Crippen molar-refractivity contribution in [2.45, 2.75) is 25.3 Å². The summed E-state index contributed by atoms with van der Waals surface area (Å²) in [5.41, 5.74) is 1.22. The zero-order chi connectivity index (χ0) is 15.1. The smallest absolute Gasteiger partial charge is 0.225 e. The van der Waals surface area contributed by atoms with Gasteiger partial charge in [-0.1, -0.05) is 6.07 Å². The Hall–Kier alpha value is -1.90. The highest BCUT2D eigenvalue weighted by Gasteiger charge is 2.18. The Morgan fingerprint density at radius 1 is 1.48 bits per heavy atom. The number of carbonyl (C=O) groups excluding carboxylic acids is 1. The monoisotopic (exact) mass is 287 g/mol. The van der Waals surface area contributed by atoms with Crippen LogP contribution in [0.15, 0.2) is 24.3 Å². The molecule has 5 heteroatoms. The number of nitriles is 1. The average molecular weight is 287 g/mol. The molecule has 0 unspecified atom stereocenters. The summed E-state index contributed by atoms with van der Waals surface area (Å²) < 4.78 is 5.34. The molecular formula is C16H21N3O2. The van der Waals surface area contributed by atoms with Gasteiger partial charge in [0.15, 0.2) is 0 Å². The maximum Gasteiger partial charge on any atom is 0.225 e. The van der Waals surface area contributed by atoms with E-state index in [4.69, 9.17) is 10.00 Å². The minimum Gasteiger partial charge on any atom is -0.381 e. The molecule has 1 aliphatic heterocycles. The first-order chi connectivity index (χ1) is 10.2. The standard InChI is InChI=1S/C16H21N3O2/c1-19(15-6-9-21-10-7-15)8-5-16(20)18-14-4-2-3-13(11-14)12-17/h2-4,11,15H,5-10H2,1H3,(H,18,20). The van der Waals surface area contributed by atoms with Gasteiger partial charge < -0.3 is 15.0 Å². The van der Waals surface area contributed by atoms with Crippen molar-refractivity contribution in [3.63, 3.8) is 0 Å². The lowest BCUT2D eigenvalue weighted by Crippen LogP contribution is -2.38. The summed E-state index contributed by atoms with van der Waals surface area (Å²) in [7, 11) is 2.06. The molecule has 0 radical (unpaired) electrons. The number of benzene rings is 1. The summed E-state index contributed by atoms with van der Waals surface area (Å²) >= 11 is 0. The van der Waals surface area contributed by atoms with Crippen molar-refractivity contribution in [2.75, 3.05) is 32.1 Å². The quantitative estimate of drug-likeness (QED) is 0.899. The van der Waals surface area contributed by atoms with Crippen molar-refractivity contribution in [3.05, 3.63) is 29.8 Å². The van der Waals surface area contributed by atoms with Gasteiger partial charge in [0.1, 0.15) is 0 Å². The van der Waals surface area contributed by atoms with E-state index in [9.17, 15) is 4.79 Å². The molecule has 1 aromatic rings. The SMILES string of the molecule is CN(CCC(=O)Nc1cccc(C#N)c1)C1CCOCC1. The first kappa shape index (κ1) is 15.5. The number of nitrogens with one attached hydrogen (secondary N) is 1. The highest BCUT2D eigenvalue weighted by Crippen LogP contribution is 2.14. The molecule has 21 heavy (non-hydrogen) atoms. The summed E-state index contributed by atoms with van der Waals surface area (Å²) in [6.45, 7) is 2.35. The van der Waals surface area contributed by atoms with Crippen LogP contribution in [0.25, 0.3) is 0 Å². The predicted molar refractivity (Wildman–Crippen MR) is 80.9 cm³/mol. The molecule has 0 aromatic heterocycles. The fourth-order valence-electron chi connectivity index (χ4n) is 2.48. The van der Waals surface area contributed by atoms with E-state index in [1.807, 2.05) is 0 Å². The number of rotatable bonds is 5. The molecule has 0 aliphatic carbocycles. The van der Waals surface area contributed by atoms with Gasteiger partial charge in [-0.3, -0.25) is 4.79 Å². The summed E-state index contributed by atoms with van der Waals surface area (Å²) in [6, 6.07) is 9.53. The molecule has 0 bridgehead atoms. The second-order valence-electron chi connectivity index (χ2n) is 5.31. The molecule has 0 saturated carbocycles. The van der Waals surface area contributed by atoms with Crippen LogP contribution in [0.1, 0.15) is 24.8 Å². The van der Waals surface area contributed by atoms with Gasteiger partial charge in [0.2, 0.25) is 5.91 Å². The van der Waals surface area contributed by atoms with Crippen LogP contribution in [-0.4, -0.2) is 43.7 Å². The predicted octanol–water partition coefficient (Wildman–Crippen LogP) is 2.00. The number of ether oxygens (including phenoxy) is 1. The zero-order valence-corrected chi connectivity index (χ0v) is 12.3. The molecule has 1 aromatic carbocycles. The van der Waals surface area contributed by atoms with E-state index in [0.29, 0.717) is 23.7 Å². The van der Waals surface area contributed by atoms with Crippen LogP contribution in [-0.2, 0) is 9.53 Å². The molecule has 2 rings (SSSR count). The number of hydrogen-bond donors (Lipinski definition) is 1. The number of amides is 1.